The van der Waals surface area contributed by atoms with Crippen molar-refractivity contribution in [2.75, 3.05) is 0 Å². The molecule has 0 atom stereocenters. The molecular weight excluding hydrogens is 72.1 g/mol. The monoisotopic (exact) mass is 85.1 g/mol. The summed E-state index contributed by atoms with van der Waals surface area (Å²) in [4.78, 5) is 0. The van der Waals surface area contributed by atoms with Gasteiger partial charge in [-0.05, 0) is 11.8 Å². The van der Waals surface area contributed by atoms with Gasteiger partial charge in [0.05, 0.1) is 0 Å². The van der Waals surface area contributed by atoms with Crippen LogP contribution in [0.2, 0.25) is 0 Å². The summed E-state index contributed by atoms with van der Waals surface area (Å²) in [7, 11) is 0. The van der Waals surface area contributed by atoms with Crippen molar-refractivity contribution in [3.63, 3.8) is 0 Å². The normalized spacial score (nSPS) is 12.0. The Balaban J connectivity index is 3.17. The second-order valence-corrected chi connectivity index (χ2v) is 2.65. The molecule has 0 unspecified atom stereocenters. The molecule has 0 N–H and O–H groups in total. The van der Waals surface area contributed by atoms with Crippen LogP contribution >= 0.6 is 0 Å². The first kappa shape index (κ1) is 6.00. The van der Waals surface area contributed by atoms with Crippen molar-refractivity contribution in [2.24, 2.45) is 5.41 Å². The van der Waals surface area contributed by atoms with E-state index in [0.717, 1.165) is 0 Å². The van der Waals surface area contributed by atoms with Crippen LogP contribution in [0, 0.1) is 11.8 Å². The highest BCUT2D eigenvalue weighted by Gasteiger charge is 2.03. The zero-order valence-corrected chi connectivity index (χ0v) is 5.08. The summed E-state index contributed by atoms with van der Waals surface area (Å²) < 4.78 is 0. The molecule has 37 valence electrons. The fraction of sp³-hybridized carbons (Fsp3) is 0.833. The van der Waals surface area contributed by atoms with Gasteiger partial charge in [0.25, 0.3) is 0 Å². The van der Waals surface area contributed by atoms with Crippen LogP contribution in [0.5, 0.6) is 0 Å². The fourth-order valence-electron chi connectivity index (χ4n) is 0. The van der Waals surface area contributed by atoms with Crippen LogP contribution in [0.1, 0.15) is 27.7 Å². The Hall–Kier alpha value is 0. The van der Waals surface area contributed by atoms with Gasteiger partial charge in [-0.25, -0.2) is 0 Å². The second kappa shape index (κ2) is 1.63. The minimum atomic E-state index is 0.417. The maximum atomic E-state index is 2.19. The van der Waals surface area contributed by atoms with Crippen LogP contribution in [0.3, 0.4) is 0 Å². The lowest BCUT2D eigenvalue weighted by atomic mass is 9.94. The molecular formula is C6H13. The Morgan fingerprint density at radius 3 is 1.33 bits per heavy atom. The molecule has 0 aliphatic rings. The van der Waals surface area contributed by atoms with E-state index in [0.29, 0.717) is 5.41 Å². The van der Waals surface area contributed by atoms with Crippen LogP contribution < -0.4 is 0 Å². The molecule has 0 aliphatic carbocycles. The highest BCUT2D eigenvalue weighted by molar-refractivity contribution is 4.74. The zero-order valence-electron chi connectivity index (χ0n) is 5.08. The minimum absolute atomic E-state index is 0.417. The number of hydrogen-bond donors (Lipinski definition) is 0. The smallest absolute Gasteiger partial charge is 0.0354 e. The molecule has 0 rings (SSSR count). The van der Waals surface area contributed by atoms with Crippen molar-refractivity contribution in [1.29, 1.82) is 0 Å². The Morgan fingerprint density at radius 2 is 1.33 bits per heavy atom. The maximum absolute atomic E-state index is 2.19. The molecule has 0 aromatic rings. The zero-order chi connectivity index (χ0) is 5.21. The van der Waals surface area contributed by atoms with Gasteiger partial charge < -0.3 is 0 Å². The Morgan fingerprint density at radius 1 is 1.17 bits per heavy atom. The van der Waals surface area contributed by atoms with Crippen LogP contribution in [0.4, 0.5) is 0 Å². The molecule has 0 amide bonds. The van der Waals surface area contributed by atoms with E-state index in [9.17, 15) is 0 Å². The summed E-state index contributed by atoms with van der Waals surface area (Å²) in [6.07, 6.45) is 2.19. The fourth-order valence-corrected chi connectivity index (χ4v) is 0. The lowest BCUT2D eigenvalue weighted by molar-refractivity contribution is 0.496. The first-order valence-corrected chi connectivity index (χ1v) is 2.37. The van der Waals surface area contributed by atoms with Crippen LogP contribution in [-0.4, -0.2) is 0 Å². The summed E-state index contributed by atoms with van der Waals surface area (Å²) in [6.45, 7) is 8.65. The third-order valence-electron chi connectivity index (χ3n) is 0.866. The summed E-state index contributed by atoms with van der Waals surface area (Å²) in [6, 6.07) is 0. The van der Waals surface area contributed by atoms with Gasteiger partial charge in [-0.3, -0.25) is 0 Å². The van der Waals surface area contributed by atoms with Gasteiger partial charge in [-0.1, -0.05) is 27.7 Å². The van der Waals surface area contributed by atoms with E-state index in [1.807, 2.05) is 0 Å². The van der Waals surface area contributed by atoms with Gasteiger partial charge >= 0.3 is 0 Å². The SMILES string of the molecule is C[CH]C(C)(C)C. The molecule has 0 aromatic carbocycles. The van der Waals surface area contributed by atoms with Crippen LogP contribution in [-0.2, 0) is 0 Å². The van der Waals surface area contributed by atoms with E-state index in [-0.39, 0.29) is 0 Å². The summed E-state index contributed by atoms with van der Waals surface area (Å²) in [5.41, 5.74) is 0.417. The molecule has 0 bridgehead atoms. The molecule has 0 saturated heterocycles. The first-order valence-electron chi connectivity index (χ1n) is 2.37. The van der Waals surface area contributed by atoms with Crippen molar-refractivity contribution in [1.82, 2.24) is 0 Å². The van der Waals surface area contributed by atoms with E-state index >= 15 is 0 Å². The van der Waals surface area contributed by atoms with Gasteiger partial charge in [0.2, 0.25) is 0 Å². The number of rotatable bonds is 0. The lowest BCUT2D eigenvalue weighted by Gasteiger charge is -2.12. The van der Waals surface area contributed by atoms with Gasteiger partial charge in [-0.15, -0.1) is 0 Å². The first-order chi connectivity index (χ1) is 2.56. The van der Waals surface area contributed by atoms with Gasteiger partial charge in [0.1, 0.15) is 0 Å². The third-order valence-corrected chi connectivity index (χ3v) is 0.866. The van der Waals surface area contributed by atoms with Gasteiger partial charge in [0.15, 0.2) is 0 Å². The Labute approximate surface area is 40.6 Å². The summed E-state index contributed by atoms with van der Waals surface area (Å²) in [5, 5.41) is 0. The van der Waals surface area contributed by atoms with E-state index in [1.54, 1.807) is 0 Å². The third kappa shape index (κ3) is 4.00. The van der Waals surface area contributed by atoms with Crippen molar-refractivity contribution in [2.45, 2.75) is 27.7 Å². The summed E-state index contributed by atoms with van der Waals surface area (Å²) >= 11 is 0. The molecule has 1 radical (unpaired) electrons. The van der Waals surface area contributed by atoms with Gasteiger partial charge in [0, 0.05) is 0 Å². The largest absolute Gasteiger partial charge is 0.0617 e. The van der Waals surface area contributed by atoms with E-state index in [1.165, 1.54) is 0 Å². The standard InChI is InChI=1S/C6H13/c1-5-6(2,3)4/h5H,1-4H3. The summed E-state index contributed by atoms with van der Waals surface area (Å²) in [5.74, 6) is 0. The molecule has 0 nitrogen and oxygen atoms in total. The quantitative estimate of drug-likeness (QED) is 0.423. The van der Waals surface area contributed by atoms with E-state index in [4.69, 9.17) is 0 Å². The van der Waals surface area contributed by atoms with E-state index < -0.39 is 0 Å². The van der Waals surface area contributed by atoms with Crippen molar-refractivity contribution in [3.8, 4) is 0 Å². The molecule has 0 saturated carbocycles. The topological polar surface area (TPSA) is 0 Å². The molecule has 0 spiro atoms. The van der Waals surface area contributed by atoms with Crippen LogP contribution in [0.15, 0.2) is 0 Å². The molecule has 0 heteroatoms. The second-order valence-electron chi connectivity index (χ2n) is 2.65. The van der Waals surface area contributed by atoms with Crippen molar-refractivity contribution < 1.29 is 0 Å². The Kier molecular flexibility index (Phi) is 1.63. The predicted octanol–water partition coefficient (Wildman–Crippen LogP) is 2.26. The lowest BCUT2D eigenvalue weighted by Crippen LogP contribution is -2.01. The van der Waals surface area contributed by atoms with Crippen molar-refractivity contribution >= 4 is 0 Å². The highest BCUT2D eigenvalue weighted by Crippen LogP contribution is 2.14. The average molecular weight is 85.2 g/mol. The highest BCUT2D eigenvalue weighted by atomic mass is 14.1. The van der Waals surface area contributed by atoms with E-state index in [2.05, 4.69) is 34.1 Å². The molecule has 0 aromatic heterocycles. The number of hydrogen-bond acceptors (Lipinski definition) is 0. The van der Waals surface area contributed by atoms with Gasteiger partial charge in [-0.2, -0.15) is 0 Å². The predicted molar refractivity (Wildman–Crippen MR) is 29.4 cm³/mol. The van der Waals surface area contributed by atoms with Crippen molar-refractivity contribution in [3.05, 3.63) is 6.42 Å². The molecule has 6 heavy (non-hydrogen) atoms. The maximum Gasteiger partial charge on any atom is -0.0354 e. The van der Waals surface area contributed by atoms with Crippen LogP contribution in [0.25, 0.3) is 0 Å². The average Bonchev–Trinajstić information content (AvgIpc) is 1.35. The molecule has 0 aliphatic heterocycles. The minimum Gasteiger partial charge on any atom is -0.0617 e. The molecule has 0 fully saturated rings. The molecule has 0 heterocycles. The Bertz CT molecular complexity index is 29.8.